The van der Waals surface area contributed by atoms with Crippen LogP contribution in [0.25, 0.3) is 21.7 Å². The summed E-state index contributed by atoms with van der Waals surface area (Å²) >= 11 is 5.77. The summed E-state index contributed by atoms with van der Waals surface area (Å²) in [6, 6.07) is 18.4. The number of sulfonamides is 1. The number of rotatable bonds is 7. The molecule has 0 saturated heterocycles. The number of hydrogen-bond acceptors (Lipinski definition) is 5. The second-order valence-electron chi connectivity index (χ2n) is 7.85. The predicted molar refractivity (Wildman–Crippen MR) is 135 cm³/mol. The van der Waals surface area contributed by atoms with Crippen LogP contribution in [0.3, 0.4) is 0 Å². The summed E-state index contributed by atoms with van der Waals surface area (Å²) in [5, 5.41) is 7.54. The van der Waals surface area contributed by atoms with Gasteiger partial charge < -0.3 is 10.0 Å². The number of nitrogens with one attached hydrogen (secondary N) is 1. The molecule has 0 aliphatic heterocycles. The molecule has 11 heteroatoms. The molecule has 0 radical (unpaired) electrons. The molecule has 0 saturated carbocycles. The molecule has 180 valence electrons. The number of hydrogen-bond donors (Lipinski definition) is 1. The summed E-state index contributed by atoms with van der Waals surface area (Å²) < 4.78 is 29.5. The molecule has 0 aliphatic carbocycles. The number of amides is 2. The van der Waals surface area contributed by atoms with Crippen molar-refractivity contribution < 1.29 is 42.8 Å². The van der Waals surface area contributed by atoms with E-state index in [-0.39, 0.29) is 41.0 Å². The number of halogens is 1. The van der Waals surface area contributed by atoms with Crippen molar-refractivity contribution in [2.75, 3.05) is 6.54 Å². The Kier molecular flexibility index (Phi) is 9.32. The van der Waals surface area contributed by atoms with Crippen molar-refractivity contribution in [3.8, 4) is 16.9 Å². The number of nitrogens with zero attached hydrogens (tertiary/aromatic N) is 4. The maximum atomic E-state index is 12.2. The minimum absolute atomic E-state index is 0. The topological polar surface area (TPSA) is 108 Å². The first-order chi connectivity index (χ1) is 16.7. The van der Waals surface area contributed by atoms with Crippen LogP contribution in [0, 0.1) is 13.8 Å². The number of aromatic nitrogens is 3. The van der Waals surface area contributed by atoms with Gasteiger partial charge in [0.1, 0.15) is 0 Å². The molecule has 2 heterocycles. The second kappa shape index (κ2) is 12.0. The van der Waals surface area contributed by atoms with Crippen LogP contribution in [0.15, 0.2) is 77.8 Å². The van der Waals surface area contributed by atoms with Gasteiger partial charge in [-0.1, -0.05) is 48.0 Å². The van der Waals surface area contributed by atoms with Crippen LogP contribution in [-0.2, 0) is 16.4 Å². The van der Waals surface area contributed by atoms with Crippen molar-refractivity contribution in [3.05, 3.63) is 99.6 Å². The van der Waals surface area contributed by atoms with Crippen LogP contribution in [0.2, 0.25) is 5.02 Å². The van der Waals surface area contributed by atoms with E-state index < -0.39 is 16.1 Å². The van der Waals surface area contributed by atoms with Crippen molar-refractivity contribution in [1.29, 1.82) is 0 Å². The average Bonchev–Trinajstić information content (AvgIpc) is 3.13. The SMILES string of the molecule is Cc1nn(-c2ccc(CCNC(=O)[N-]S(=O)(=O)c3ccc(Cl)cc3)cn2)c(C)c1-c1ccccc1.[Na+]. The predicted octanol–water partition coefficient (Wildman–Crippen LogP) is 2.22. The van der Waals surface area contributed by atoms with Gasteiger partial charge in [-0.05, 0) is 68.3 Å². The molecule has 4 aromatic rings. The van der Waals surface area contributed by atoms with Gasteiger partial charge in [0.15, 0.2) is 11.8 Å². The maximum Gasteiger partial charge on any atom is 1.00 e. The monoisotopic (exact) mass is 531 g/mol. The third-order valence-corrected chi connectivity index (χ3v) is 6.91. The first kappa shape index (κ1) is 27.9. The average molecular weight is 532 g/mol. The Bertz CT molecular complexity index is 1440. The van der Waals surface area contributed by atoms with Gasteiger partial charge >= 0.3 is 29.6 Å². The number of carbonyl (C=O) groups is 1. The Morgan fingerprint density at radius 1 is 1.03 bits per heavy atom. The van der Waals surface area contributed by atoms with E-state index in [0.29, 0.717) is 17.3 Å². The van der Waals surface area contributed by atoms with Crippen molar-refractivity contribution >= 4 is 27.7 Å². The van der Waals surface area contributed by atoms with Crippen molar-refractivity contribution in [3.63, 3.8) is 0 Å². The van der Waals surface area contributed by atoms with Crippen molar-refractivity contribution in [2.45, 2.75) is 25.2 Å². The number of pyridine rings is 1. The first-order valence-corrected chi connectivity index (χ1v) is 12.6. The molecule has 0 bridgehead atoms. The Labute approximate surface area is 237 Å². The van der Waals surface area contributed by atoms with E-state index in [1.807, 2.05) is 48.9 Å². The number of carbonyl (C=O) groups excluding carboxylic acids is 1. The molecule has 2 amide bonds. The summed E-state index contributed by atoms with van der Waals surface area (Å²) in [5.41, 5.74) is 4.96. The zero-order chi connectivity index (χ0) is 25.0. The van der Waals surface area contributed by atoms with E-state index in [0.717, 1.165) is 28.1 Å². The molecule has 2 aromatic carbocycles. The molecule has 36 heavy (non-hydrogen) atoms. The number of benzene rings is 2. The van der Waals surface area contributed by atoms with Gasteiger partial charge in [-0.3, -0.25) is 4.79 Å². The zero-order valence-electron chi connectivity index (χ0n) is 20.1. The van der Waals surface area contributed by atoms with Crippen LogP contribution >= 0.6 is 11.6 Å². The van der Waals surface area contributed by atoms with Gasteiger partial charge in [-0.15, -0.1) is 0 Å². The normalized spacial score (nSPS) is 11.0. The van der Waals surface area contributed by atoms with E-state index >= 15 is 0 Å². The molecule has 0 fully saturated rings. The standard InChI is InChI=1S/C25H24ClN5O3S.Na/c1-17-24(20-6-4-3-5-7-20)18(2)31(29-17)23-13-8-19(16-28-23)14-15-27-25(32)30-35(33,34)22-11-9-21(26)10-12-22;/h3-13,16H,14-15H2,1-2H3,(H2,27,30,32);/q;+1/p-1. The van der Waals surface area contributed by atoms with E-state index in [4.69, 9.17) is 11.6 Å². The summed E-state index contributed by atoms with van der Waals surface area (Å²) in [7, 11) is -4.10. The quantitative estimate of drug-likeness (QED) is 0.368. The van der Waals surface area contributed by atoms with E-state index in [9.17, 15) is 13.2 Å². The maximum absolute atomic E-state index is 12.2. The largest absolute Gasteiger partial charge is 1.00 e. The fourth-order valence-electron chi connectivity index (χ4n) is 3.69. The van der Waals surface area contributed by atoms with E-state index in [1.165, 1.54) is 24.3 Å². The van der Waals surface area contributed by atoms with Gasteiger partial charge in [0.05, 0.1) is 16.3 Å². The van der Waals surface area contributed by atoms with Gasteiger partial charge in [-0.25, -0.2) is 18.1 Å². The van der Waals surface area contributed by atoms with Gasteiger partial charge in [0.2, 0.25) is 10.0 Å². The molecule has 8 nitrogen and oxygen atoms in total. The molecular weight excluding hydrogens is 509 g/mol. The third kappa shape index (κ3) is 6.54. The van der Waals surface area contributed by atoms with Crippen LogP contribution in [0.5, 0.6) is 0 Å². The molecule has 0 unspecified atom stereocenters. The minimum Gasteiger partial charge on any atom is -0.448 e. The fourth-order valence-corrected chi connectivity index (χ4v) is 4.69. The van der Waals surface area contributed by atoms with Gasteiger partial charge in [0.25, 0.3) is 0 Å². The Balaban J connectivity index is 0.00000361. The minimum atomic E-state index is -4.10. The Morgan fingerprint density at radius 3 is 2.36 bits per heavy atom. The van der Waals surface area contributed by atoms with Gasteiger partial charge in [0, 0.05) is 16.8 Å². The van der Waals surface area contributed by atoms with Crippen molar-refractivity contribution in [1.82, 2.24) is 20.1 Å². The van der Waals surface area contributed by atoms with E-state index in [1.54, 1.807) is 6.20 Å². The molecule has 0 aliphatic rings. The molecule has 1 N–H and O–H groups in total. The number of urea groups is 1. The molecular formula is C25H23ClN5NaO3S. The van der Waals surface area contributed by atoms with Crippen LogP contribution < -0.4 is 34.9 Å². The van der Waals surface area contributed by atoms with Crippen LogP contribution in [-0.4, -0.2) is 35.8 Å². The fraction of sp³-hybridized carbons (Fsp3) is 0.160. The summed E-state index contributed by atoms with van der Waals surface area (Å²) in [6.07, 6.45) is 2.17. The van der Waals surface area contributed by atoms with E-state index in [2.05, 4.69) is 32.3 Å². The molecule has 2 aromatic heterocycles. The van der Waals surface area contributed by atoms with Gasteiger partial charge in [-0.2, -0.15) is 5.10 Å². The van der Waals surface area contributed by atoms with Crippen LogP contribution in [0.4, 0.5) is 4.79 Å². The number of aryl methyl sites for hydroxylation is 1. The molecule has 0 spiro atoms. The zero-order valence-corrected chi connectivity index (χ0v) is 23.7. The smallest absolute Gasteiger partial charge is 0.448 e. The molecule has 4 rings (SSSR count). The first-order valence-electron chi connectivity index (χ1n) is 10.8. The Morgan fingerprint density at radius 2 is 1.72 bits per heavy atom. The third-order valence-electron chi connectivity index (χ3n) is 5.38. The summed E-state index contributed by atoms with van der Waals surface area (Å²) in [4.78, 5) is 16.4. The summed E-state index contributed by atoms with van der Waals surface area (Å²) in [5.74, 6) is 0.685. The van der Waals surface area contributed by atoms with Crippen molar-refractivity contribution in [2.24, 2.45) is 0 Å². The second-order valence-corrected chi connectivity index (χ2v) is 9.89. The molecule has 0 atom stereocenters. The summed E-state index contributed by atoms with van der Waals surface area (Å²) in [6.45, 7) is 4.19. The Hall–Kier alpha value is -2.69. The van der Waals surface area contributed by atoms with Crippen LogP contribution in [0.1, 0.15) is 17.0 Å².